The van der Waals surface area contributed by atoms with Crippen molar-refractivity contribution in [1.29, 1.82) is 0 Å². The number of carbonyl (C=O) groups excluding carboxylic acids is 1. The number of benzene rings is 2. The Morgan fingerprint density at radius 2 is 1.55 bits per heavy atom. The van der Waals surface area contributed by atoms with E-state index in [1.54, 1.807) is 41.3 Å². The number of fused-ring (bicyclic) bond motifs is 1. The molecule has 2 saturated heterocycles. The van der Waals surface area contributed by atoms with Crippen LogP contribution in [0.3, 0.4) is 0 Å². The van der Waals surface area contributed by atoms with Crippen LogP contribution in [-0.4, -0.2) is 88.8 Å². The summed E-state index contributed by atoms with van der Waals surface area (Å²) in [6.45, 7) is 9.92. The van der Waals surface area contributed by atoms with E-state index in [0.29, 0.717) is 24.2 Å². The average Bonchev–Trinajstić information content (AvgIpc) is 3.47. The lowest BCUT2D eigenvalue weighted by molar-refractivity contribution is -0.0661. The Balaban J connectivity index is 1.03. The fourth-order valence-electron chi connectivity index (χ4n) is 6.27. The first-order chi connectivity index (χ1) is 22.5. The highest BCUT2D eigenvalue weighted by atomic mass is 35.5. The number of nitrogens with zero attached hydrogens (tertiary/aromatic N) is 5. The van der Waals surface area contributed by atoms with Gasteiger partial charge in [-0.25, -0.2) is 27.2 Å². The van der Waals surface area contributed by atoms with Gasteiger partial charge in [0.25, 0.3) is 10.0 Å². The molecule has 250 valence electrons. The summed E-state index contributed by atoms with van der Waals surface area (Å²) < 4.78 is 40.8. The molecule has 2 aliphatic rings. The number of carbonyl (C=O) groups is 1. The minimum Gasteiger partial charge on any atom is -0.444 e. The van der Waals surface area contributed by atoms with Crippen molar-refractivity contribution in [2.24, 2.45) is 0 Å². The summed E-state index contributed by atoms with van der Waals surface area (Å²) in [7, 11) is -3.95. The van der Waals surface area contributed by atoms with E-state index in [1.165, 1.54) is 15.9 Å². The van der Waals surface area contributed by atoms with E-state index in [1.807, 2.05) is 32.9 Å². The highest BCUT2D eigenvalue weighted by molar-refractivity contribution is 7.90. The molecule has 2 aromatic heterocycles. The summed E-state index contributed by atoms with van der Waals surface area (Å²) in [5.41, 5.74) is 2.17. The summed E-state index contributed by atoms with van der Waals surface area (Å²) in [5, 5.41) is 0.680. The van der Waals surface area contributed by atoms with Crippen molar-refractivity contribution in [2.45, 2.75) is 75.6 Å². The zero-order valence-electron chi connectivity index (χ0n) is 27.1. The van der Waals surface area contributed by atoms with Crippen LogP contribution in [0.2, 0.25) is 5.15 Å². The predicted molar refractivity (Wildman–Crippen MR) is 182 cm³/mol. The molecular formula is C35H42ClN5O5S. The van der Waals surface area contributed by atoms with Gasteiger partial charge < -0.3 is 19.3 Å². The van der Waals surface area contributed by atoms with E-state index in [9.17, 15) is 13.2 Å². The summed E-state index contributed by atoms with van der Waals surface area (Å²) in [4.78, 5) is 25.1. The zero-order valence-corrected chi connectivity index (χ0v) is 28.7. The van der Waals surface area contributed by atoms with Crippen molar-refractivity contribution >= 4 is 38.8 Å². The number of aromatic nitrogens is 3. The van der Waals surface area contributed by atoms with Gasteiger partial charge in [-0.05, 0) is 82.2 Å². The molecule has 0 aliphatic carbocycles. The van der Waals surface area contributed by atoms with Crippen LogP contribution in [0.15, 0.2) is 71.9 Å². The maximum absolute atomic E-state index is 13.8. The number of rotatable bonds is 8. The van der Waals surface area contributed by atoms with Gasteiger partial charge in [0, 0.05) is 32.7 Å². The second-order valence-electron chi connectivity index (χ2n) is 13.3. The van der Waals surface area contributed by atoms with Crippen molar-refractivity contribution in [3.05, 3.63) is 77.7 Å². The van der Waals surface area contributed by atoms with Crippen molar-refractivity contribution in [1.82, 2.24) is 23.7 Å². The van der Waals surface area contributed by atoms with Crippen molar-refractivity contribution < 1.29 is 22.7 Å². The molecule has 6 rings (SSSR count). The maximum atomic E-state index is 13.8. The third kappa shape index (κ3) is 7.80. The Morgan fingerprint density at radius 1 is 0.915 bits per heavy atom. The van der Waals surface area contributed by atoms with Gasteiger partial charge in [0.1, 0.15) is 17.1 Å². The smallest absolute Gasteiger partial charge is 0.410 e. The van der Waals surface area contributed by atoms with Crippen molar-refractivity contribution in [3.63, 3.8) is 0 Å². The first-order valence-electron chi connectivity index (χ1n) is 16.3. The number of halogens is 1. The molecule has 0 N–H and O–H groups in total. The van der Waals surface area contributed by atoms with E-state index in [-0.39, 0.29) is 34.0 Å². The summed E-state index contributed by atoms with van der Waals surface area (Å²) >= 11 is 6.37. The lowest BCUT2D eigenvalue weighted by atomic mass is 10.0. The highest BCUT2D eigenvalue weighted by Gasteiger charge is 2.30. The van der Waals surface area contributed by atoms with Crippen LogP contribution in [0.25, 0.3) is 22.3 Å². The minimum atomic E-state index is -3.95. The Kier molecular flexibility index (Phi) is 9.89. The topological polar surface area (TPSA) is 107 Å². The van der Waals surface area contributed by atoms with E-state index in [2.05, 4.69) is 27.0 Å². The SMILES string of the molecule is CC(C)(C)OC(=O)N1CCC(OC2CCN(CCc3ccc(-c4cc5c(Cl)ncnc5n4S(=O)(=O)c4ccccc4)cc3)CC2)CC1. The predicted octanol–water partition coefficient (Wildman–Crippen LogP) is 6.41. The monoisotopic (exact) mass is 679 g/mol. The second-order valence-corrected chi connectivity index (χ2v) is 15.4. The molecule has 0 atom stereocenters. The number of ether oxygens (including phenoxy) is 2. The molecule has 4 heterocycles. The van der Waals surface area contributed by atoms with Gasteiger partial charge in [0.15, 0.2) is 5.65 Å². The first kappa shape index (κ1) is 33.4. The summed E-state index contributed by atoms with van der Waals surface area (Å²) in [5.74, 6) is 0. The Labute approximate surface area is 281 Å². The number of amides is 1. The van der Waals surface area contributed by atoms with Gasteiger partial charge in [0.2, 0.25) is 0 Å². The summed E-state index contributed by atoms with van der Waals surface area (Å²) in [6, 6.07) is 18.1. The van der Waals surface area contributed by atoms with Crippen LogP contribution in [0, 0.1) is 0 Å². The first-order valence-corrected chi connectivity index (χ1v) is 18.1. The van der Waals surface area contributed by atoms with Crippen molar-refractivity contribution in [3.8, 4) is 11.3 Å². The van der Waals surface area contributed by atoms with Gasteiger partial charge in [0.05, 0.1) is 28.2 Å². The van der Waals surface area contributed by atoms with E-state index in [0.717, 1.165) is 57.3 Å². The van der Waals surface area contributed by atoms with Gasteiger partial charge in [-0.15, -0.1) is 0 Å². The molecule has 0 bridgehead atoms. The third-order valence-electron chi connectivity index (χ3n) is 8.77. The molecule has 0 radical (unpaired) electrons. The van der Waals surface area contributed by atoms with Crippen LogP contribution in [0.5, 0.6) is 0 Å². The molecule has 4 aromatic rings. The van der Waals surface area contributed by atoms with Crippen LogP contribution >= 0.6 is 11.6 Å². The Bertz CT molecular complexity index is 1790. The molecule has 2 fully saturated rings. The largest absolute Gasteiger partial charge is 0.444 e. The zero-order chi connectivity index (χ0) is 33.2. The molecule has 0 spiro atoms. The quantitative estimate of drug-likeness (QED) is 0.197. The molecule has 0 saturated carbocycles. The Morgan fingerprint density at radius 3 is 2.19 bits per heavy atom. The fourth-order valence-corrected chi connectivity index (χ4v) is 7.96. The van der Waals surface area contributed by atoms with Crippen LogP contribution in [0.1, 0.15) is 52.0 Å². The number of likely N-dealkylation sites (tertiary alicyclic amines) is 2. The minimum absolute atomic E-state index is 0.169. The molecular weight excluding hydrogens is 638 g/mol. The molecule has 1 amide bonds. The molecule has 47 heavy (non-hydrogen) atoms. The maximum Gasteiger partial charge on any atom is 0.410 e. The summed E-state index contributed by atoms with van der Waals surface area (Å²) in [6.07, 6.45) is 6.04. The van der Waals surface area contributed by atoms with E-state index in [4.69, 9.17) is 21.1 Å². The molecule has 2 aromatic carbocycles. The van der Waals surface area contributed by atoms with E-state index >= 15 is 0 Å². The van der Waals surface area contributed by atoms with Crippen LogP contribution in [-0.2, 0) is 25.9 Å². The van der Waals surface area contributed by atoms with Crippen LogP contribution < -0.4 is 0 Å². The van der Waals surface area contributed by atoms with Gasteiger partial charge in [-0.3, -0.25) is 0 Å². The fraction of sp³-hybridized carbons (Fsp3) is 0.457. The normalized spacial score (nSPS) is 17.3. The molecule has 0 unspecified atom stereocenters. The Hall–Kier alpha value is -3.51. The van der Waals surface area contributed by atoms with Gasteiger partial charge >= 0.3 is 6.09 Å². The standard InChI is InChI=1S/C35H42ClN5O5S/c1-35(2,3)46-34(42)40-21-16-28(17-22-40)45-27-14-19-39(20-15-27)18-13-25-9-11-26(12-10-25)31-23-30-32(36)37-24-38-33(30)41(31)47(43,44)29-7-5-4-6-8-29/h4-12,23-24,27-28H,13-22H2,1-3H3. The molecule has 10 nitrogen and oxygen atoms in total. The molecule has 12 heteroatoms. The average molecular weight is 680 g/mol. The lowest BCUT2D eigenvalue weighted by Gasteiger charge is -2.37. The number of hydrogen-bond acceptors (Lipinski definition) is 8. The van der Waals surface area contributed by atoms with Crippen molar-refractivity contribution in [2.75, 3.05) is 32.7 Å². The van der Waals surface area contributed by atoms with Gasteiger partial charge in [-0.1, -0.05) is 54.1 Å². The van der Waals surface area contributed by atoms with Gasteiger partial charge in [-0.2, -0.15) is 0 Å². The highest BCUT2D eigenvalue weighted by Crippen LogP contribution is 2.34. The number of hydrogen-bond donors (Lipinski definition) is 0. The van der Waals surface area contributed by atoms with E-state index < -0.39 is 15.6 Å². The second kappa shape index (κ2) is 13.9. The number of piperidine rings is 2. The lowest BCUT2D eigenvalue weighted by Crippen LogP contribution is -2.45. The van der Waals surface area contributed by atoms with Crippen LogP contribution in [0.4, 0.5) is 4.79 Å². The third-order valence-corrected chi connectivity index (χ3v) is 10.8. The molecule has 2 aliphatic heterocycles.